The average molecular weight is 939 g/mol. The van der Waals surface area contributed by atoms with E-state index >= 15 is 0 Å². The number of Topliss-reactive ketones (excluding diaryl/α,β-unsaturated/α-hetero) is 1. The van der Waals surface area contributed by atoms with Crippen LogP contribution in [-0.4, -0.2) is 36.9 Å². The zero-order chi connectivity index (χ0) is 48.6. The SMILES string of the molecule is CCCCCCCCC=CCCCCCCCC(=O)CCC(NCCCCNC(=O)CCCCCCCC=CCCCCCCCC)NC(=O)CCCCCCCC=CCCCCCCCC. The lowest BCUT2D eigenvalue weighted by Gasteiger charge is -2.20. The molecule has 0 aromatic rings. The lowest BCUT2D eigenvalue weighted by atomic mass is 10.0. The minimum Gasteiger partial charge on any atom is -0.356 e. The zero-order valence-corrected chi connectivity index (χ0v) is 45.2. The highest BCUT2D eigenvalue weighted by Crippen LogP contribution is 2.14. The Morgan fingerprint density at radius 1 is 0.328 bits per heavy atom. The second kappa shape index (κ2) is 56.4. The number of amides is 2. The number of ketones is 1. The van der Waals surface area contributed by atoms with Crippen LogP contribution in [0.25, 0.3) is 0 Å². The van der Waals surface area contributed by atoms with Crippen LogP contribution in [0.2, 0.25) is 0 Å². The van der Waals surface area contributed by atoms with Gasteiger partial charge in [0.25, 0.3) is 0 Å². The van der Waals surface area contributed by atoms with Crippen LogP contribution in [0.5, 0.6) is 0 Å². The van der Waals surface area contributed by atoms with Gasteiger partial charge in [0.05, 0.1) is 6.17 Å². The molecule has 0 saturated heterocycles. The van der Waals surface area contributed by atoms with Crippen LogP contribution >= 0.6 is 0 Å². The molecule has 3 N–H and O–H groups in total. The molecule has 392 valence electrons. The largest absolute Gasteiger partial charge is 0.356 e. The van der Waals surface area contributed by atoms with Crippen LogP contribution < -0.4 is 16.0 Å². The highest BCUT2D eigenvalue weighted by molar-refractivity contribution is 5.79. The van der Waals surface area contributed by atoms with Crippen molar-refractivity contribution in [1.29, 1.82) is 0 Å². The number of rotatable bonds is 55. The van der Waals surface area contributed by atoms with E-state index < -0.39 is 0 Å². The Morgan fingerprint density at radius 2 is 0.642 bits per heavy atom. The van der Waals surface area contributed by atoms with Gasteiger partial charge in [-0.3, -0.25) is 19.7 Å². The van der Waals surface area contributed by atoms with Gasteiger partial charge in [0.1, 0.15) is 5.78 Å². The Morgan fingerprint density at radius 3 is 1.03 bits per heavy atom. The Labute approximate surface area is 418 Å². The van der Waals surface area contributed by atoms with Crippen LogP contribution in [-0.2, 0) is 14.4 Å². The summed E-state index contributed by atoms with van der Waals surface area (Å²) in [4.78, 5) is 38.4. The third-order valence-electron chi connectivity index (χ3n) is 13.4. The standard InChI is InChI=1S/C61H115N3O3/c1-4-7-10-13-16-19-22-25-28-31-34-37-40-43-46-51-58(65)54-55-59(64-61(67)53-48-45-42-39-36-33-30-27-24-21-18-15-12-9-6-3)62-56-49-50-57-63-60(66)52-47-44-41-38-35-32-29-26-23-20-17-14-11-8-5-2/h25-30,59,62H,4-24,31-57H2,1-3H3,(H,63,66)(H,64,67). The molecule has 0 aromatic carbocycles. The molecule has 0 bridgehead atoms. The Hall–Kier alpha value is -2.21. The smallest absolute Gasteiger partial charge is 0.221 e. The van der Waals surface area contributed by atoms with Gasteiger partial charge in [-0.1, -0.05) is 211 Å². The van der Waals surface area contributed by atoms with Crippen molar-refractivity contribution < 1.29 is 14.4 Å². The van der Waals surface area contributed by atoms with Crippen molar-refractivity contribution in [2.75, 3.05) is 13.1 Å². The predicted molar refractivity (Wildman–Crippen MR) is 295 cm³/mol. The first kappa shape index (κ1) is 64.8. The van der Waals surface area contributed by atoms with Gasteiger partial charge >= 0.3 is 0 Å². The van der Waals surface area contributed by atoms with Crippen LogP contribution in [0.3, 0.4) is 0 Å². The fraction of sp³-hybridized carbons (Fsp3) is 0.852. The van der Waals surface area contributed by atoms with Crippen molar-refractivity contribution in [2.24, 2.45) is 0 Å². The number of nitrogens with one attached hydrogen (secondary N) is 3. The van der Waals surface area contributed by atoms with E-state index in [4.69, 9.17) is 0 Å². The second-order valence-corrected chi connectivity index (χ2v) is 20.2. The maximum absolute atomic E-state index is 13.0. The molecule has 2 amide bonds. The molecule has 0 aliphatic rings. The van der Waals surface area contributed by atoms with Gasteiger partial charge in [-0.05, 0) is 122 Å². The zero-order valence-electron chi connectivity index (χ0n) is 45.2. The molecule has 6 nitrogen and oxygen atoms in total. The molecule has 0 heterocycles. The van der Waals surface area contributed by atoms with Gasteiger partial charge in [-0.25, -0.2) is 0 Å². The lowest BCUT2D eigenvalue weighted by molar-refractivity contribution is -0.123. The number of hydrogen-bond acceptors (Lipinski definition) is 4. The van der Waals surface area contributed by atoms with Crippen molar-refractivity contribution in [3.05, 3.63) is 36.5 Å². The van der Waals surface area contributed by atoms with E-state index in [1.807, 2.05) is 0 Å². The summed E-state index contributed by atoms with van der Waals surface area (Å²) in [6.07, 6.45) is 67.8. The molecule has 0 aliphatic heterocycles. The number of hydrogen-bond donors (Lipinski definition) is 3. The quantitative estimate of drug-likeness (QED) is 0.0322. The van der Waals surface area contributed by atoms with Crippen LogP contribution in [0.15, 0.2) is 36.5 Å². The minimum absolute atomic E-state index is 0.0859. The summed E-state index contributed by atoms with van der Waals surface area (Å²) in [6, 6.07) is 0. The van der Waals surface area contributed by atoms with Gasteiger partial charge in [-0.15, -0.1) is 0 Å². The van der Waals surface area contributed by atoms with Gasteiger partial charge < -0.3 is 10.6 Å². The third-order valence-corrected chi connectivity index (χ3v) is 13.4. The maximum Gasteiger partial charge on any atom is 0.221 e. The van der Waals surface area contributed by atoms with Crippen LogP contribution in [0.4, 0.5) is 0 Å². The number of carbonyl (C=O) groups is 3. The first-order chi connectivity index (χ1) is 33.0. The molecule has 0 fully saturated rings. The van der Waals surface area contributed by atoms with E-state index in [1.165, 1.54) is 212 Å². The Balaban J connectivity index is 4.33. The van der Waals surface area contributed by atoms with Gasteiger partial charge in [0.2, 0.25) is 11.8 Å². The van der Waals surface area contributed by atoms with E-state index in [-0.39, 0.29) is 18.0 Å². The summed E-state index contributed by atoms with van der Waals surface area (Å²) in [5, 5.41) is 9.88. The van der Waals surface area contributed by atoms with Gasteiger partial charge in [0, 0.05) is 32.2 Å². The first-order valence-corrected chi connectivity index (χ1v) is 29.8. The summed E-state index contributed by atoms with van der Waals surface area (Å²) in [5.74, 6) is 0.559. The van der Waals surface area contributed by atoms with Crippen LogP contribution in [0, 0.1) is 0 Å². The Bertz CT molecular complexity index is 1130. The monoisotopic (exact) mass is 938 g/mol. The molecule has 0 radical (unpaired) electrons. The van der Waals surface area contributed by atoms with E-state index in [1.54, 1.807) is 0 Å². The molecule has 0 spiro atoms. The molecule has 0 saturated carbocycles. The molecular formula is C61H115N3O3. The predicted octanol–water partition coefficient (Wildman–Crippen LogP) is 18.4. The normalized spacial score (nSPS) is 12.3. The molecule has 0 aliphatic carbocycles. The first-order valence-electron chi connectivity index (χ1n) is 29.8. The van der Waals surface area contributed by atoms with E-state index in [2.05, 4.69) is 73.2 Å². The highest BCUT2D eigenvalue weighted by Gasteiger charge is 2.14. The van der Waals surface area contributed by atoms with Crippen molar-refractivity contribution in [3.8, 4) is 0 Å². The average Bonchev–Trinajstić information content (AvgIpc) is 3.32. The van der Waals surface area contributed by atoms with Gasteiger partial charge in [0.15, 0.2) is 0 Å². The lowest BCUT2D eigenvalue weighted by Crippen LogP contribution is -2.46. The summed E-state index contributed by atoms with van der Waals surface area (Å²) in [7, 11) is 0. The summed E-state index contributed by atoms with van der Waals surface area (Å²) >= 11 is 0. The van der Waals surface area contributed by atoms with E-state index in [0.717, 1.165) is 57.9 Å². The molecule has 6 heteroatoms. The fourth-order valence-electron chi connectivity index (χ4n) is 8.87. The summed E-state index contributed by atoms with van der Waals surface area (Å²) in [5.41, 5.74) is 0. The molecular weight excluding hydrogens is 823 g/mol. The molecule has 67 heavy (non-hydrogen) atoms. The van der Waals surface area contributed by atoms with Crippen molar-refractivity contribution in [2.45, 2.75) is 322 Å². The maximum atomic E-state index is 13.0. The number of unbranched alkanes of at least 4 members (excludes halogenated alkanes) is 34. The highest BCUT2D eigenvalue weighted by atomic mass is 16.2. The minimum atomic E-state index is -0.190. The third kappa shape index (κ3) is 54.6. The van der Waals surface area contributed by atoms with Crippen molar-refractivity contribution >= 4 is 17.6 Å². The number of carbonyl (C=O) groups excluding carboxylic acids is 3. The Kier molecular flexibility index (Phi) is 54.5. The molecule has 0 rings (SSSR count). The summed E-state index contributed by atoms with van der Waals surface area (Å²) < 4.78 is 0. The van der Waals surface area contributed by atoms with E-state index in [9.17, 15) is 14.4 Å². The van der Waals surface area contributed by atoms with Gasteiger partial charge in [-0.2, -0.15) is 0 Å². The van der Waals surface area contributed by atoms with Crippen LogP contribution in [0.1, 0.15) is 316 Å². The summed E-state index contributed by atoms with van der Waals surface area (Å²) in [6.45, 7) is 8.26. The van der Waals surface area contributed by atoms with Crippen molar-refractivity contribution in [3.63, 3.8) is 0 Å². The second-order valence-electron chi connectivity index (χ2n) is 20.2. The fourth-order valence-corrected chi connectivity index (χ4v) is 8.87. The molecule has 1 atom stereocenters. The van der Waals surface area contributed by atoms with Crippen molar-refractivity contribution in [1.82, 2.24) is 16.0 Å². The van der Waals surface area contributed by atoms with E-state index in [0.29, 0.717) is 44.4 Å². The molecule has 0 aromatic heterocycles. The molecule has 1 unspecified atom stereocenters. The topological polar surface area (TPSA) is 87.3 Å². The number of allylic oxidation sites excluding steroid dienone is 6.